The van der Waals surface area contributed by atoms with Crippen molar-refractivity contribution in [3.05, 3.63) is 0 Å². The first-order chi connectivity index (χ1) is 12.2. The molecule has 0 rings (SSSR count). The Bertz CT molecular complexity index is 662. The van der Waals surface area contributed by atoms with Gasteiger partial charge in [-0.15, -0.1) is 0 Å². The van der Waals surface area contributed by atoms with Crippen LogP contribution in [0.2, 0.25) is 0 Å². The Kier molecular flexibility index (Phi) is 8.87. The predicted octanol–water partition coefficient (Wildman–Crippen LogP) is -0.184. The number of carbonyl (C=O) groups is 4. The van der Waals surface area contributed by atoms with Crippen molar-refractivity contribution in [1.82, 2.24) is 0 Å². The molecule has 0 heterocycles. The number of carbonyl (C=O) groups excluding carboxylic acids is 2. The molecule has 0 unspecified atom stereocenters. The maximum absolute atomic E-state index is 11.6. The zero-order chi connectivity index (χ0) is 21.5. The van der Waals surface area contributed by atoms with Crippen LogP contribution in [0.3, 0.4) is 0 Å². The van der Waals surface area contributed by atoms with Gasteiger partial charge in [0, 0.05) is 0 Å². The van der Waals surface area contributed by atoms with E-state index in [2.05, 4.69) is 9.31 Å². The third kappa shape index (κ3) is 7.43. The fourth-order valence-electron chi connectivity index (χ4n) is 2.40. The van der Waals surface area contributed by atoms with Gasteiger partial charge in [0.1, 0.15) is 0 Å². The van der Waals surface area contributed by atoms with Gasteiger partial charge in [-0.05, 0) is 0 Å². The molecule has 0 saturated carbocycles. The van der Waals surface area contributed by atoms with E-state index in [1.807, 2.05) is 0 Å². The molecule has 0 fully saturated rings. The topological polar surface area (TPSA) is 171 Å². The van der Waals surface area contributed by atoms with Crippen LogP contribution < -0.4 is 0 Å². The molecular weight excluding hydrogens is 406 g/mol. The molecule has 27 heavy (non-hydrogen) atoms. The van der Waals surface area contributed by atoms with E-state index in [0.29, 0.717) is 18.5 Å². The molecule has 156 valence electrons. The van der Waals surface area contributed by atoms with Crippen LogP contribution >= 0.6 is 6.83 Å². The van der Waals surface area contributed by atoms with E-state index in [0.717, 1.165) is 6.26 Å². The molecule has 0 aliphatic rings. The summed E-state index contributed by atoms with van der Waals surface area (Å²) in [5.41, 5.74) is 0. The van der Waals surface area contributed by atoms with Crippen LogP contribution in [0.25, 0.3) is 0 Å². The summed E-state index contributed by atoms with van der Waals surface area (Å²) in [5.74, 6) is -7.90. The molecule has 11 nitrogen and oxygen atoms in total. The monoisotopic (exact) mass is 430 g/mol. The second-order valence-corrected chi connectivity index (χ2v) is 14.5. The zero-order valence-electron chi connectivity index (χ0n) is 15.5. The molecular formula is C13H24BO11PS. The predicted molar refractivity (Wildman–Crippen MR) is 97.4 cm³/mol. The van der Waals surface area contributed by atoms with Crippen molar-refractivity contribution >= 4 is 47.9 Å². The van der Waals surface area contributed by atoms with Crippen LogP contribution in [0.1, 0.15) is 20.8 Å². The molecule has 0 aromatic heterocycles. The SMILES string of the molecule is CCP(CC)(CC)(CCS(C)(=O)=O)OB(OC(=O)C(=O)O)OC(=O)C(=O)O. The Hall–Kier alpha value is -1.72. The van der Waals surface area contributed by atoms with Crippen LogP contribution in [0.5, 0.6) is 0 Å². The second kappa shape index (κ2) is 9.47. The summed E-state index contributed by atoms with van der Waals surface area (Å²) in [6.45, 7) is 1.68. The third-order valence-corrected chi connectivity index (χ3v) is 12.7. The summed E-state index contributed by atoms with van der Waals surface area (Å²) < 4.78 is 38.0. The van der Waals surface area contributed by atoms with Gasteiger partial charge in [0.25, 0.3) is 0 Å². The Morgan fingerprint density at radius 1 is 0.889 bits per heavy atom. The summed E-state index contributed by atoms with van der Waals surface area (Å²) in [6, 6.07) is 0. The zero-order valence-corrected chi connectivity index (χ0v) is 17.2. The van der Waals surface area contributed by atoms with E-state index in [9.17, 15) is 27.6 Å². The Morgan fingerprint density at radius 2 is 1.26 bits per heavy atom. The van der Waals surface area contributed by atoms with Crippen LogP contribution in [0.4, 0.5) is 0 Å². The van der Waals surface area contributed by atoms with Crippen molar-refractivity contribution in [2.24, 2.45) is 0 Å². The molecule has 14 heteroatoms. The molecule has 0 aliphatic heterocycles. The van der Waals surface area contributed by atoms with Crippen LogP contribution in [-0.2, 0) is 42.8 Å². The Morgan fingerprint density at radius 3 is 1.52 bits per heavy atom. The van der Waals surface area contributed by atoms with Crippen molar-refractivity contribution in [2.45, 2.75) is 20.8 Å². The average molecular weight is 430 g/mol. The average Bonchev–Trinajstić information content (AvgIpc) is 2.58. The number of rotatable bonds is 10. The van der Waals surface area contributed by atoms with E-state index in [1.165, 1.54) is 0 Å². The van der Waals surface area contributed by atoms with E-state index in [-0.39, 0.29) is 11.9 Å². The molecule has 0 saturated heterocycles. The molecule has 2 N–H and O–H groups in total. The molecule has 0 radical (unpaired) electrons. The molecule has 0 atom stereocenters. The van der Waals surface area contributed by atoms with Gasteiger partial charge in [0.15, 0.2) is 0 Å². The van der Waals surface area contributed by atoms with Gasteiger partial charge in [-0.1, -0.05) is 0 Å². The first kappa shape index (κ1) is 25.3. The van der Waals surface area contributed by atoms with Gasteiger partial charge in [-0.2, -0.15) is 0 Å². The number of hydrogen-bond acceptors (Lipinski definition) is 9. The quantitative estimate of drug-likeness (QED) is 0.268. The van der Waals surface area contributed by atoms with Gasteiger partial charge in [0.2, 0.25) is 0 Å². The van der Waals surface area contributed by atoms with E-state index >= 15 is 0 Å². The van der Waals surface area contributed by atoms with Gasteiger partial charge in [0.05, 0.1) is 0 Å². The van der Waals surface area contributed by atoms with E-state index in [1.54, 1.807) is 20.8 Å². The number of aliphatic carboxylic acids is 2. The van der Waals surface area contributed by atoms with Gasteiger partial charge in [-0.3, -0.25) is 0 Å². The number of carboxylic acids is 2. The fraction of sp³-hybridized carbons (Fsp3) is 0.692. The first-order valence-electron chi connectivity index (χ1n) is 7.98. The van der Waals surface area contributed by atoms with E-state index < -0.39 is 47.9 Å². The van der Waals surface area contributed by atoms with Crippen molar-refractivity contribution in [2.75, 3.05) is 36.7 Å². The summed E-state index contributed by atoms with van der Waals surface area (Å²) in [6.07, 6.45) is 1.99. The van der Waals surface area contributed by atoms with Gasteiger partial charge in [-0.25, -0.2) is 0 Å². The number of carboxylic acid groups (broad SMARTS) is 2. The molecule has 0 bridgehead atoms. The minimum absolute atomic E-state index is 0.0413. The van der Waals surface area contributed by atoms with Crippen molar-refractivity contribution < 1.29 is 51.6 Å². The molecule has 0 aromatic rings. The van der Waals surface area contributed by atoms with Crippen molar-refractivity contribution in [3.63, 3.8) is 0 Å². The van der Waals surface area contributed by atoms with E-state index in [4.69, 9.17) is 14.7 Å². The van der Waals surface area contributed by atoms with Crippen LogP contribution in [0.15, 0.2) is 0 Å². The number of sulfone groups is 1. The molecule has 0 aliphatic carbocycles. The van der Waals surface area contributed by atoms with Crippen molar-refractivity contribution in [3.8, 4) is 0 Å². The fourth-order valence-corrected chi connectivity index (χ4v) is 8.99. The summed E-state index contributed by atoms with van der Waals surface area (Å²) >= 11 is 0. The summed E-state index contributed by atoms with van der Waals surface area (Å²) in [5, 5.41) is 17.3. The summed E-state index contributed by atoms with van der Waals surface area (Å²) in [7, 11) is -5.61. The van der Waals surface area contributed by atoms with Crippen LogP contribution in [0, 0.1) is 0 Å². The normalized spacial score (nSPS) is 13.1. The standard InChI is InChI=1S/C13H24BO11PS/c1-5-26(6-2,7-3,8-9-27(4,21)22)25-14(23-12(19)10(15)16)24-13(20)11(17)18/h5-9H2,1-4H3,(H,15,16)(H,17,18). The van der Waals surface area contributed by atoms with Gasteiger partial charge < -0.3 is 0 Å². The number of hydrogen-bond donors (Lipinski definition) is 2. The molecule has 0 aromatic carbocycles. The Labute approximate surface area is 157 Å². The third-order valence-electron chi connectivity index (χ3n) is 4.57. The second-order valence-electron chi connectivity index (χ2n) is 5.98. The van der Waals surface area contributed by atoms with Gasteiger partial charge >= 0.3 is 157 Å². The molecule has 0 amide bonds. The van der Waals surface area contributed by atoms with Crippen molar-refractivity contribution in [1.29, 1.82) is 0 Å². The summed E-state index contributed by atoms with van der Waals surface area (Å²) in [4.78, 5) is 44.1. The first-order valence-corrected chi connectivity index (χ1v) is 12.9. The van der Waals surface area contributed by atoms with Crippen LogP contribution in [-0.4, -0.2) is 86.5 Å². The Balaban J connectivity index is 5.93. The minimum atomic E-state index is -3.45. The maximum atomic E-state index is 11.6. The molecule has 0 spiro atoms.